The number of aromatic nitrogens is 4. The van der Waals surface area contributed by atoms with E-state index >= 15 is 0 Å². The highest BCUT2D eigenvalue weighted by molar-refractivity contribution is 5.91. The predicted octanol–water partition coefficient (Wildman–Crippen LogP) is 3.47. The lowest BCUT2D eigenvalue weighted by atomic mass is 10.1. The van der Waals surface area contributed by atoms with Gasteiger partial charge in [0, 0.05) is 5.39 Å². The minimum atomic E-state index is 0.556. The van der Waals surface area contributed by atoms with Crippen molar-refractivity contribution in [3.05, 3.63) is 54.1 Å². The number of rotatable bonds is 5. The lowest BCUT2D eigenvalue weighted by Crippen LogP contribution is -1.95. The molecule has 0 spiro atoms. The van der Waals surface area contributed by atoms with Gasteiger partial charge in [0.1, 0.15) is 6.33 Å². The second-order valence-electron chi connectivity index (χ2n) is 5.81. The maximum Gasteiger partial charge on any atom is 0.203 e. The first kappa shape index (κ1) is 16.8. The summed E-state index contributed by atoms with van der Waals surface area (Å²) in [6.45, 7) is 0. The Morgan fingerprint density at radius 2 is 1.63 bits per heavy atom. The highest BCUT2D eigenvalue weighted by atomic mass is 16.5. The van der Waals surface area contributed by atoms with Crippen LogP contribution in [0.1, 0.15) is 11.4 Å². The fourth-order valence-electron chi connectivity index (χ4n) is 2.98. The number of hydrogen-bond donors (Lipinski definition) is 0. The summed E-state index contributed by atoms with van der Waals surface area (Å²) in [5.41, 5.74) is 2.54. The molecule has 0 amide bonds. The van der Waals surface area contributed by atoms with E-state index in [1.54, 1.807) is 27.7 Å². The molecule has 0 radical (unpaired) electrons. The largest absolute Gasteiger partial charge is 0.493 e. The van der Waals surface area contributed by atoms with E-state index in [4.69, 9.17) is 14.2 Å². The number of para-hydroxylation sites is 1. The molecule has 0 saturated heterocycles. The Bertz CT molecular complexity index is 1130. The number of nitrogens with zero attached hydrogens (tertiary/aromatic N) is 4. The molecule has 4 rings (SSSR count). The summed E-state index contributed by atoms with van der Waals surface area (Å²) in [5.74, 6) is 2.42. The molecule has 7 nitrogen and oxygen atoms in total. The molecule has 2 heterocycles. The smallest absolute Gasteiger partial charge is 0.203 e. The zero-order valence-electron chi connectivity index (χ0n) is 15.2. The quantitative estimate of drug-likeness (QED) is 0.541. The molecule has 0 atom stereocenters. The van der Waals surface area contributed by atoms with Crippen molar-refractivity contribution in [2.45, 2.75) is 0 Å². The highest BCUT2D eigenvalue weighted by Gasteiger charge is 2.12. The SMILES string of the molecule is COc1cc(/C=C/c2nnc3c4ccccc4ncn23)cc(OC)c1OC. The molecule has 27 heavy (non-hydrogen) atoms. The molecule has 0 aliphatic carbocycles. The van der Waals surface area contributed by atoms with E-state index in [2.05, 4.69) is 15.2 Å². The molecule has 0 bridgehead atoms. The van der Waals surface area contributed by atoms with E-state index in [1.807, 2.05) is 53.0 Å². The van der Waals surface area contributed by atoms with Crippen molar-refractivity contribution in [1.82, 2.24) is 19.6 Å². The van der Waals surface area contributed by atoms with Gasteiger partial charge in [0.05, 0.1) is 26.8 Å². The zero-order valence-corrected chi connectivity index (χ0v) is 15.2. The van der Waals surface area contributed by atoms with Gasteiger partial charge in [-0.15, -0.1) is 10.2 Å². The van der Waals surface area contributed by atoms with Crippen molar-refractivity contribution in [1.29, 1.82) is 0 Å². The second kappa shape index (κ2) is 6.95. The van der Waals surface area contributed by atoms with Crippen LogP contribution in [0.2, 0.25) is 0 Å². The first-order chi connectivity index (χ1) is 13.2. The summed E-state index contributed by atoms with van der Waals surface area (Å²) in [7, 11) is 4.76. The van der Waals surface area contributed by atoms with Gasteiger partial charge < -0.3 is 14.2 Å². The van der Waals surface area contributed by atoms with Gasteiger partial charge in [-0.3, -0.25) is 4.40 Å². The van der Waals surface area contributed by atoms with Crippen LogP contribution in [-0.2, 0) is 0 Å². The molecule has 0 N–H and O–H groups in total. The molecule has 0 aliphatic rings. The third kappa shape index (κ3) is 2.93. The molecular weight excluding hydrogens is 344 g/mol. The van der Waals surface area contributed by atoms with Crippen LogP contribution >= 0.6 is 0 Å². The van der Waals surface area contributed by atoms with E-state index in [-0.39, 0.29) is 0 Å². The van der Waals surface area contributed by atoms with Crippen molar-refractivity contribution < 1.29 is 14.2 Å². The van der Waals surface area contributed by atoms with Crippen LogP contribution in [0.15, 0.2) is 42.7 Å². The average Bonchev–Trinajstić information content (AvgIpc) is 3.14. The van der Waals surface area contributed by atoms with Crippen molar-refractivity contribution in [3.63, 3.8) is 0 Å². The van der Waals surface area contributed by atoms with Gasteiger partial charge in [0.2, 0.25) is 5.75 Å². The van der Waals surface area contributed by atoms with Crippen molar-refractivity contribution in [2.75, 3.05) is 21.3 Å². The molecular formula is C20H18N4O3. The Morgan fingerprint density at radius 1 is 0.889 bits per heavy atom. The second-order valence-corrected chi connectivity index (χ2v) is 5.81. The van der Waals surface area contributed by atoms with Crippen LogP contribution in [0.3, 0.4) is 0 Å². The molecule has 4 aromatic rings. The standard InChI is InChI=1S/C20H18N4O3/c1-25-16-10-13(11-17(26-2)19(16)27-3)8-9-18-22-23-20-14-6-4-5-7-15(14)21-12-24(18)20/h4-12H,1-3H3/b9-8+. The summed E-state index contributed by atoms with van der Waals surface area (Å²) in [5, 5.41) is 9.54. The highest BCUT2D eigenvalue weighted by Crippen LogP contribution is 2.38. The van der Waals surface area contributed by atoms with E-state index in [9.17, 15) is 0 Å². The van der Waals surface area contributed by atoms with Gasteiger partial charge >= 0.3 is 0 Å². The normalized spacial score (nSPS) is 11.4. The maximum absolute atomic E-state index is 5.39. The predicted molar refractivity (Wildman–Crippen MR) is 103 cm³/mol. The van der Waals surface area contributed by atoms with Crippen molar-refractivity contribution >= 4 is 28.7 Å². The summed E-state index contributed by atoms with van der Waals surface area (Å²) in [6.07, 6.45) is 5.51. The Hall–Kier alpha value is -3.61. The topological polar surface area (TPSA) is 70.8 Å². The van der Waals surface area contributed by atoms with Crippen molar-refractivity contribution in [3.8, 4) is 17.2 Å². The maximum atomic E-state index is 5.39. The molecule has 0 fully saturated rings. The Kier molecular flexibility index (Phi) is 4.33. The van der Waals surface area contributed by atoms with E-state index in [0.29, 0.717) is 23.1 Å². The number of hydrogen-bond acceptors (Lipinski definition) is 6. The van der Waals surface area contributed by atoms with E-state index in [1.165, 1.54) is 0 Å². The van der Waals surface area contributed by atoms with Crippen LogP contribution in [0.25, 0.3) is 28.7 Å². The van der Waals surface area contributed by atoms with Gasteiger partial charge in [-0.25, -0.2) is 4.98 Å². The van der Waals surface area contributed by atoms with Crippen molar-refractivity contribution in [2.24, 2.45) is 0 Å². The van der Waals surface area contributed by atoms with Gasteiger partial charge in [-0.05, 0) is 35.9 Å². The summed E-state index contributed by atoms with van der Waals surface area (Å²) < 4.78 is 18.0. The van der Waals surface area contributed by atoms with Gasteiger partial charge in [-0.2, -0.15) is 0 Å². The lowest BCUT2D eigenvalue weighted by Gasteiger charge is -2.12. The number of methoxy groups -OCH3 is 3. The lowest BCUT2D eigenvalue weighted by molar-refractivity contribution is 0.324. The first-order valence-corrected chi connectivity index (χ1v) is 8.31. The molecule has 2 aromatic carbocycles. The Morgan fingerprint density at radius 3 is 2.33 bits per heavy atom. The number of benzene rings is 2. The first-order valence-electron chi connectivity index (χ1n) is 8.31. The fourth-order valence-corrected chi connectivity index (χ4v) is 2.98. The molecule has 0 aliphatic heterocycles. The van der Waals surface area contributed by atoms with Crippen LogP contribution in [0, 0.1) is 0 Å². The monoisotopic (exact) mass is 362 g/mol. The minimum Gasteiger partial charge on any atom is -0.493 e. The Labute approximate surface area is 155 Å². The van der Waals surface area contributed by atoms with E-state index < -0.39 is 0 Å². The van der Waals surface area contributed by atoms with Crippen LogP contribution in [0.5, 0.6) is 17.2 Å². The van der Waals surface area contributed by atoms with Gasteiger partial charge in [-0.1, -0.05) is 18.2 Å². The number of fused-ring (bicyclic) bond motifs is 3. The Balaban J connectivity index is 1.76. The summed E-state index contributed by atoms with van der Waals surface area (Å²) in [6, 6.07) is 11.6. The third-order valence-electron chi connectivity index (χ3n) is 4.29. The molecule has 136 valence electrons. The van der Waals surface area contributed by atoms with Crippen LogP contribution in [-0.4, -0.2) is 40.9 Å². The molecule has 0 saturated carbocycles. The van der Waals surface area contributed by atoms with Gasteiger partial charge in [0.25, 0.3) is 0 Å². The fraction of sp³-hybridized carbons (Fsp3) is 0.150. The third-order valence-corrected chi connectivity index (χ3v) is 4.29. The average molecular weight is 362 g/mol. The van der Waals surface area contributed by atoms with E-state index in [0.717, 1.165) is 22.1 Å². The molecule has 7 heteroatoms. The van der Waals surface area contributed by atoms with Crippen LogP contribution in [0.4, 0.5) is 0 Å². The molecule has 0 unspecified atom stereocenters. The summed E-state index contributed by atoms with van der Waals surface area (Å²) >= 11 is 0. The van der Waals surface area contributed by atoms with Gasteiger partial charge in [0.15, 0.2) is 23.0 Å². The zero-order chi connectivity index (χ0) is 18.8. The minimum absolute atomic E-state index is 0.556. The molecule has 2 aromatic heterocycles. The number of ether oxygens (including phenoxy) is 3. The van der Waals surface area contributed by atoms with Crippen LogP contribution < -0.4 is 14.2 Å². The summed E-state index contributed by atoms with van der Waals surface area (Å²) in [4.78, 5) is 4.47.